The van der Waals surface area contributed by atoms with Crippen molar-refractivity contribution in [3.63, 3.8) is 0 Å². The second-order valence-electron chi connectivity index (χ2n) is 11.8. The number of anilines is 1. The number of benzene rings is 2. The molecule has 0 aliphatic rings. The van der Waals surface area contributed by atoms with Crippen molar-refractivity contribution in [1.29, 1.82) is 0 Å². The van der Waals surface area contributed by atoms with Crippen LogP contribution in [0, 0.1) is 0 Å². The van der Waals surface area contributed by atoms with Gasteiger partial charge in [-0.15, -0.1) is 0 Å². The van der Waals surface area contributed by atoms with Gasteiger partial charge in [-0.2, -0.15) is 0 Å². The van der Waals surface area contributed by atoms with Crippen molar-refractivity contribution >= 4 is 23.5 Å². The van der Waals surface area contributed by atoms with Crippen LogP contribution in [0.3, 0.4) is 0 Å². The summed E-state index contributed by atoms with van der Waals surface area (Å²) in [6.07, 6.45) is 19.2. The van der Waals surface area contributed by atoms with Gasteiger partial charge in [0.2, 0.25) is 0 Å². The number of carbonyl (C=O) groups is 3. The second-order valence-corrected chi connectivity index (χ2v) is 11.8. The van der Waals surface area contributed by atoms with E-state index in [2.05, 4.69) is 29.8 Å². The van der Waals surface area contributed by atoms with Gasteiger partial charge in [0.1, 0.15) is 13.2 Å². The van der Waals surface area contributed by atoms with Crippen LogP contribution in [-0.4, -0.2) is 37.4 Å². The number of nitrogens with one attached hydrogen (secondary N) is 3. The lowest BCUT2D eigenvalue weighted by Crippen LogP contribution is -2.27. The lowest BCUT2D eigenvalue weighted by atomic mass is 10.1. The average molecular weight is 608 g/mol. The van der Waals surface area contributed by atoms with E-state index in [0.717, 1.165) is 31.2 Å². The number of ether oxygens (including phenoxy) is 1. The summed E-state index contributed by atoms with van der Waals surface area (Å²) in [4.78, 5) is 38.5. The molecular formula is C37H57N3O4. The predicted octanol–water partition coefficient (Wildman–Crippen LogP) is 8.58. The Kier molecular flexibility index (Phi) is 20.1. The zero-order valence-corrected chi connectivity index (χ0v) is 27.4. The van der Waals surface area contributed by atoms with Gasteiger partial charge in [-0.3, -0.25) is 14.4 Å². The van der Waals surface area contributed by atoms with Crippen molar-refractivity contribution in [2.75, 3.05) is 25.0 Å². The highest BCUT2D eigenvalue weighted by Crippen LogP contribution is 2.17. The maximum atomic E-state index is 13.0. The molecule has 0 aromatic heterocycles. The summed E-state index contributed by atoms with van der Waals surface area (Å²) in [5.74, 6) is -0.861. The first kappa shape index (κ1) is 36.8. The van der Waals surface area contributed by atoms with Gasteiger partial charge in [0, 0.05) is 29.9 Å². The van der Waals surface area contributed by atoms with Crippen LogP contribution >= 0.6 is 0 Å². The van der Waals surface area contributed by atoms with Crippen LogP contribution in [0.15, 0.2) is 48.5 Å². The van der Waals surface area contributed by atoms with Crippen molar-refractivity contribution in [2.24, 2.45) is 0 Å². The first-order valence-electron chi connectivity index (χ1n) is 17.2. The van der Waals surface area contributed by atoms with Gasteiger partial charge in [-0.05, 0) is 36.6 Å². The van der Waals surface area contributed by atoms with Crippen LogP contribution in [0.2, 0.25) is 0 Å². The summed E-state index contributed by atoms with van der Waals surface area (Å²) < 4.78 is 5.37. The zero-order chi connectivity index (χ0) is 31.7. The molecule has 7 nitrogen and oxygen atoms in total. The minimum atomic E-state index is -0.418. The van der Waals surface area contributed by atoms with E-state index < -0.39 is 5.97 Å². The average Bonchev–Trinajstić information content (AvgIpc) is 3.05. The van der Waals surface area contributed by atoms with E-state index in [-0.39, 0.29) is 25.0 Å². The molecule has 0 atom stereocenters. The number of hydrogen-bond acceptors (Lipinski definition) is 5. The molecule has 2 amide bonds. The number of esters is 1. The maximum Gasteiger partial charge on any atom is 0.325 e. The Hall–Kier alpha value is -3.35. The second kappa shape index (κ2) is 24.0. The summed E-state index contributed by atoms with van der Waals surface area (Å²) >= 11 is 0. The Morgan fingerprint density at radius 3 is 1.52 bits per heavy atom. The van der Waals surface area contributed by atoms with Gasteiger partial charge in [-0.25, -0.2) is 0 Å². The van der Waals surface area contributed by atoms with E-state index in [0.29, 0.717) is 29.9 Å². The number of carbonyl (C=O) groups excluding carboxylic acids is 3. The molecule has 0 heterocycles. The fourth-order valence-corrected chi connectivity index (χ4v) is 5.08. The first-order chi connectivity index (χ1) is 21.5. The molecule has 0 saturated carbocycles. The van der Waals surface area contributed by atoms with E-state index in [1.165, 1.54) is 77.0 Å². The van der Waals surface area contributed by atoms with Crippen molar-refractivity contribution in [2.45, 2.75) is 123 Å². The molecule has 0 aliphatic carbocycles. The minimum Gasteiger partial charge on any atom is -0.460 e. The molecular weight excluding hydrogens is 550 g/mol. The minimum absolute atomic E-state index is 0.0739. The number of hydrogen-bond donors (Lipinski definition) is 3. The van der Waals surface area contributed by atoms with Crippen LogP contribution in [0.4, 0.5) is 5.69 Å². The summed E-state index contributed by atoms with van der Waals surface area (Å²) in [5, 5.41) is 9.05. The van der Waals surface area contributed by atoms with Gasteiger partial charge in [0.25, 0.3) is 11.8 Å². The molecule has 0 aliphatic heterocycles. The Morgan fingerprint density at radius 1 is 0.591 bits per heavy atom. The Bertz CT molecular complexity index is 1020. The summed E-state index contributed by atoms with van der Waals surface area (Å²) in [5.41, 5.74) is 2.22. The highest BCUT2D eigenvalue weighted by molar-refractivity contribution is 6.01. The standard InChI is InChI=1S/C37H57N3O4/c1-3-5-7-9-11-13-15-20-24-38-36(42)32-26-33(37(43)39-25-21-16-14-12-10-8-6-4-2)28-34(27-32)40-29-35(41)44-30-31-22-18-17-19-23-31/h17-19,22-23,26-28,40H,3-16,20-21,24-25,29-30H2,1-2H3,(H,38,42)(H,39,43). The zero-order valence-electron chi connectivity index (χ0n) is 27.4. The SMILES string of the molecule is CCCCCCCCCCNC(=O)c1cc(NCC(=O)OCc2ccccc2)cc(C(=O)NCCCCCCCCCC)c1. The fourth-order valence-electron chi connectivity index (χ4n) is 5.08. The van der Waals surface area contributed by atoms with Crippen LogP contribution in [0.1, 0.15) is 143 Å². The lowest BCUT2D eigenvalue weighted by Gasteiger charge is -2.13. The molecule has 2 aromatic carbocycles. The van der Waals surface area contributed by atoms with Gasteiger partial charge >= 0.3 is 5.97 Å². The maximum absolute atomic E-state index is 13.0. The molecule has 7 heteroatoms. The van der Waals surface area contributed by atoms with Crippen LogP contribution < -0.4 is 16.0 Å². The molecule has 0 radical (unpaired) electrons. The van der Waals surface area contributed by atoms with E-state index >= 15 is 0 Å². The van der Waals surface area contributed by atoms with Crippen molar-refractivity contribution in [1.82, 2.24) is 10.6 Å². The molecule has 244 valence electrons. The van der Waals surface area contributed by atoms with Crippen molar-refractivity contribution in [3.8, 4) is 0 Å². The molecule has 44 heavy (non-hydrogen) atoms. The third-order valence-electron chi connectivity index (χ3n) is 7.77. The monoisotopic (exact) mass is 607 g/mol. The molecule has 0 fully saturated rings. The normalized spacial score (nSPS) is 10.8. The highest BCUT2D eigenvalue weighted by Gasteiger charge is 2.14. The largest absolute Gasteiger partial charge is 0.460 e. The van der Waals surface area contributed by atoms with E-state index in [1.54, 1.807) is 18.2 Å². The molecule has 0 spiro atoms. The molecule has 0 unspecified atom stereocenters. The molecule has 2 aromatic rings. The predicted molar refractivity (Wildman–Crippen MR) is 181 cm³/mol. The molecule has 2 rings (SSSR count). The van der Waals surface area contributed by atoms with Crippen molar-refractivity contribution in [3.05, 3.63) is 65.2 Å². The summed E-state index contributed by atoms with van der Waals surface area (Å²) in [6, 6.07) is 14.5. The third kappa shape index (κ3) is 17.1. The van der Waals surface area contributed by atoms with E-state index in [4.69, 9.17) is 4.74 Å². The van der Waals surface area contributed by atoms with Crippen LogP contribution in [0.5, 0.6) is 0 Å². The van der Waals surface area contributed by atoms with Crippen LogP contribution in [-0.2, 0) is 16.1 Å². The first-order valence-corrected chi connectivity index (χ1v) is 17.2. The summed E-state index contributed by atoms with van der Waals surface area (Å²) in [7, 11) is 0. The van der Waals surface area contributed by atoms with Gasteiger partial charge in [0.05, 0.1) is 0 Å². The third-order valence-corrected chi connectivity index (χ3v) is 7.77. The van der Waals surface area contributed by atoms with E-state index in [1.807, 2.05) is 30.3 Å². The smallest absolute Gasteiger partial charge is 0.325 e. The van der Waals surface area contributed by atoms with E-state index in [9.17, 15) is 14.4 Å². The number of rotatable bonds is 25. The topological polar surface area (TPSA) is 96.5 Å². The number of unbranched alkanes of at least 4 members (excludes halogenated alkanes) is 14. The Labute approximate surface area is 266 Å². The van der Waals surface area contributed by atoms with Gasteiger partial charge in [-0.1, -0.05) is 134 Å². The fraction of sp³-hybridized carbons (Fsp3) is 0.595. The van der Waals surface area contributed by atoms with Crippen molar-refractivity contribution < 1.29 is 19.1 Å². The van der Waals surface area contributed by atoms with Crippen LogP contribution in [0.25, 0.3) is 0 Å². The quantitative estimate of drug-likeness (QED) is 0.0776. The Balaban J connectivity index is 1.89. The highest BCUT2D eigenvalue weighted by atomic mass is 16.5. The summed E-state index contributed by atoms with van der Waals surface area (Å²) in [6.45, 7) is 5.75. The number of amides is 2. The molecule has 0 bridgehead atoms. The molecule has 0 saturated heterocycles. The van der Waals surface area contributed by atoms with Gasteiger partial charge in [0.15, 0.2) is 0 Å². The molecule has 3 N–H and O–H groups in total. The Morgan fingerprint density at radius 2 is 1.05 bits per heavy atom. The van der Waals surface area contributed by atoms with Gasteiger partial charge < -0.3 is 20.7 Å². The lowest BCUT2D eigenvalue weighted by molar-refractivity contribution is -0.142.